The Balaban J connectivity index is 1.74. The van der Waals surface area contributed by atoms with Crippen LogP contribution in [0.4, 0.5) is 8.78 Å². The number of nitrogens with zero attached hydrogens (tertiary/aromatic N) is 2. The molecule has 2 aromatic carbocycles. The molecule has 0 saturated heterocycles. The van der Waals surface area contributed by atoms with E-state index in [1.165, 1.54) is 23.2 Å². The Hall–Kier alpha value is -3.92. The van der Waals surface area contributed by atoms with Crippen LogP contribution >= 0.6 is 0 Å². The first-order valence-electron chi connectivity index (χ1n) is 9.00. The first-order valence-corrected chi connectivity index (χ1v) is 9.00. The minimum absolute atomic E-state index is 0.242. The zero-order valence-corrected chi connectivity index (χ0v) is 15.5. The van der Waals surface area contributed by atoms with Crippen molar-refractivity contribution >= 4 is 17.2 Å². The predicted molar refractivity (Wildman–Crippen MR) is 104 cm³/mol. The molecule has 144 valence electrons. The number of nitriles is 1. The van der Waals surface area contributed by atoms with Crippen molar-refractivity contribution in [3.05, 3.63) is 94.5 Å². The van der Waals surface area contributed by atoms with E-state index in [0.29, 0.717) is 34.8 Å². The van der Waals surface area contributed by atoms with E-state index in [1.54, 1.807) is 30.3 Å². The molecule has 2 heterocycles. The number of nitrogens with one attached hydrogen (secondary N) is 2. The summed E-state index contributed by atoms with van der Waals surface area (Å²) in [7, 11) is 0. The highest BCUT2D eigenvalue weighted by Crippen LogP contribution is 2.31. The second-order valence-electron chi connectivity index (χ2n) is 6.56. The fourth-order valence-electron chi connectivity index (χ4n) is 3.27. The molecule has 2 aliphatic rings. The van der Waals surface area contributed by atoms with Crippen molar-refractivity contribution in [3.8, 4) is 6.07 Å². The fourth-order valence-corrected chi connectivity index (χ4v) is 3.27. The summed E-state index contributed by atoms with van der Waals surface area (Å²) < 4.78 is 27.7. The lowest BCUT2D eigenvalue weighted by Gasteiger charge is -2.36. The number of carbonyl (C=O) groups is 1. The highest BCUT2D eigenvalue weighted by atomic mass is 19.1. The van der Waals surface area contributed by atoms with E-state index in [9.17, 15) is 13.6 Å². The fraction of sp³-hybridized carbons (Fsp3) is 0.0909. The Labute approximate surface area is 166 Å². The molecule has 5 nitrogen and oxygen atoms in total. The Morgan fingerprint density at radius 2 is 1.86 bits per heavy atom. The molecule has 2 aromatic rings. The summed E-state index contributed by atoms with van der Waals surface area (Å²) in [6.07, 6.45) is 3.63. The SMILES string of the molecule is CCC1=C(c2ccc(F)cc2F)C=C2NC(c3ccc(C#N)cc3)=CC(=O)N2N1. The van der Waals surface area contributed by atoms with Gasteiger partial charge in [-0.2, -0.15) is 5.26 Å². The van der Waals surface area contributed by atoms with Gasteiger partial charge in [0, 0.05) is 29.0 Å². The zero-order valence-electron chi connectivity index (χ0n) is 15.5. The maximum atomic E-state index is 14.4. The van der Waals surface area contributed by atoms with Crippen LogP contribution in [-0.2, 0) is 4.79 Å². The van der Waals surface area contributed by atoms with Gasteiger partial charge in [-0.05, 0) is 42.3 Å². The summed E-state index contributed by atoms with van der Waals surface area (Å²) in [5.74, 6) is -1.20. The van der Waals surface area contributed by atoms with E-state index < -0.39 is 11.6 Å². The van der Waals surface area contributed by atoms with E-state index in [4.69, 9.17) is 5.26 Å². The molecule has 0 bridgehead atoms. The molecule has 29 heavy (non-hydrogen) atoms. The van der Waals surface area contributed by atoms with Gasteiger partial charge in [-0.1, -0.05) is 19.1 Å². The lowest BCUT2D eigenvalue weighted by molar-refractivity contribution is -0.127. The second kappa shape index (κ2) is 7.24. The first kappa shape index (κ1) is 18.4. The predicted octanol–water partition coefficient (Wildman–Crippen LogP) is 3.79. The van der Waals surface area contributed by atoms with Crippen molar-refractivity contribution in [1.82, 2.24) is 15.8 Å². The lowest BCUT2D eigenvalue weighted by Crippen LogP contribution is -2.49. The van der Waals surface area contributed by atoms with Crippen LogP contribution in [0.5, 0.6) is 0 Å². The topological polar surface area (TPSA) is 68.2 Å². The number of halogens is 2. The third-order valence-corrected chi connectivity index (χ3v) is 4.74. The third-order valence-electron chi connectivity index (χ3n) is 4.74. The van der Waals surface area contributed by atoms with Crippen LogP contribution in [0.3, 0.4) is 0 Å². The van der Waals surface area contributed by atoms with Crippen LogP contribution in [0.25, 0.3) is 11.3 Å². The average molecular weight is 390 g/mol. The first-order chi connectivity index (χ1) is 14.0. The van der Waals surface area contributed by atoms with E-state index in [0.717, 1.165) is 11.6 Å². The highest BCUT2D eigenvalue weighted by molar-refractivity contribution is 5.99. The summed E-state index contributed by atoms with van der Waals surface area (Å²) in [5.41, 5.74) is 6.25. The van der Waals surface area contributed by atoms with Gasteiger partial charge < -0.3 is 5.32 Å². The molecular formula is C22H16F2N4O. The Morgan fingerprint density at radius 1 is 1.10 bits per heavy atom. The molecule has 0 saturated carbocycles. The minimum atomic E-state index is -0.678. The van der Waals surface area contributed by atoms with Gasteiger partial charge in [-0.15, -0.1) is 0 Å². The van der Waals surface area contributed by atoms with E-state index >= 15 is 0 Å². The third kappa shape index (κ3) is 3.36. The molecular weight excluding hydrogens is 374 g/mol. The molecule has 0 fully saturated rings. The van der Waals surface area contributed by atoms with Crippen LogP contribution in [-0.4, -0.2) is 10.9 Å². The van der Waals surface area contributed by atoms with Crippen LogP contribution in [0, 0.1) is 23.0 Å². The van der Waals surface area contributed by atoms with Gasteiger partial charge >= 0.3 is 0 Å². The zero-order chi connectivity index (χ0) is 20.5. The lowest BCUT2D eigenvalue weighted by atomic mass is 9.99. The van der Waals surface area contributed by atoms with Crippen LogP contribution < -0.4 is 10.7 Å². The molecule has 0 aliphatic carbocycles. The Bertz CT molecular complexity index is 1140. The molecule has 0 atom stereocenters. The Morgan fingerprint density at radius 3 is 2.52 bits per heavy atom. The van der Waals surface area contributed by atoms with Gasteiger partial charge in [0.25, 0.3) is 5.91 Å². The van der Waals surface area contributed by atoms with Crippen molar-refractivity contribution < 1.29 is 13.6 Å². The standard InChI is InChI=1S/C22H16F2N4O/c1-2-19-17(16-8-7-15(23)9-18(16)24)10-21-26-20(11-22(29)28(21)27-19)14-5-3-13(12-25)4-6-14/h3-11,26-27H,2H2,1H3. The number of benzene rings is 2. The maximum absolute atomic E-state index is 14.4. The smallest absolute Gasteiger partial charge is 0.273 e. The number of hydrogen-bond acceptors (Lipinski definition) is 4. The van der Waals surface area contributed by atoms with E-state index in [1.807, 2.05) is 6.92 Å². The average Bonchev–Trinajstić information content (AvgIpc) is 2.73. The minimum Gasteiger partial charge on any atom is -0.339 e. The maximum Gasteiger partial charge on any atom is 0.273 e. The number of carbonyl (C=O) groups excluding carboxylic acids is 1. The molecule has 2 aliphatic heterocycles. The van der Waals surface area contributed by atoms with Gasteiger partial charge in [-0.3, -0.25) is 10.2 Å². The van der Waals surface area contributed by atoms with Crippen molar-refractivity contribution in [1.29, 1.82) is 5.26 Å². The van der Waals surface area contributed by atoms with Crippen LogP contribution in [0.2, 0.25) is 0 Å². The van der Waals surface area contributed by atoms with Crippen molar-refractivity contribution in [2.24, 2.45) is 0 Å². The van der Waals surface area contributed by atoms with Gasteiger partial charge in [-0.25, -0.2) is 13.8 Å². The summed E-state index contributed by atoms with van der Waals surface area (Å²) in [5, 5.41) is 13.5. The number of amides is 1. The number of allylic oxidation sites excluding steroid dienone is 3. The molecule has 0 unspecified atom stereocenters. The quantitative estimate of drug-likeness (QED) is 0.837. The summed E-state index contributed by atoms with van der Waals surface area (Å²) >= 11 is 0. The number of hydrazine groups is 1. The molecule has 7 heteroatoms. The van der Waals surface area contributed by atoms with Gasteiger partial charge in [0.05, 0.1) is 17.3 Å². The largest absolute Gasteiger partial charge is 0.339 e. The second-order valence-corrected chi connectivity index (χ2v) is 6.56. The molecule has 0 spiro atoms. The molecule has 4 rings (SSSR count). The summed E-state index contributed by atoms with van der Waals surface area (Å²) in [6.45, 7) is 1.88. The normalized spacial score (nSPS) is 15.7. The van der Waals surface area contributed by atoms with Gasteiger partial charge in [0.15, 0.2) is 0 Å². The van der Waals surface area contributed by atoms with Crippen LogP contribution in [0.1, 0.15) is 30.0 Å². The van der Waals surface area contributed by atoms with Crippen molar-refractivity contribution in [2.75, 3.05) is 0 Å². The van der Waals surface area contributed by atoms with Gasteiger partial charge in [0.1, 0.15) is 17.5 Å². The van der Waals surface area contributed by atoms with Crippen LogP contribution in [0.15, 0.2) is 66.1 Å². The van der Waals surface area contributed by atoms with Crippen molar-refractivity contribution in [2.45, 2.75) is 13.3 Å². The molecule has 1 amide bonds. The van der Waals surface area contributed by atoms with E-state index in [-0.39, 0.29) is 11.5 Å². The highest BCUT2D eigenvalue weighted by Gasteiger charge is 2.29. The summed E-state index contributed by atoms with van der Waals surface area (Å²) in [6, 6.07) is 12.3. The summed E-state index contributed by atoms with van der Waals surface area (Å²) in [4.78, 5) is 12.7. The molecule has 0 aromatic heterocycles. The monoisotopic (exact) mass is 390 g/mol. The van der Waals surface area contributed by atoms with E-state index in [2.05, 4.69) is 16.8 Å². The molecule has 0 radical (unpaired) electrons. The van der Waals surface area contributed by atoms with Crippen molar-refractivity contribution in [3.63, 3.8) is 0 Å². The number of rotatable bonds is 3. The Kier molecular flexibility index (Phi) is 4.61. The number of fused-ring (bicyclic) bond motifs is 1. The molecule has 2 N–H and O–H groups in total. The number of hydrogen-bond donors (Lipinski definition) is 2. The van der Waals surface area contributed by atoms with Gasteiger partial charge in [0.2, 0.25) is 0 Å².